The molecule has 0 aliphatic carbocycles. The minimum absolute atomic E-state index is 0.140. The van der Waals surface area contributed by atoms with E-state index in [9.17, 15) is 4.79 Å². The summed E-state index contributed by atoms with van der Waals surface area (Å²) in [4.78, 5) is 12.6. The predicted molar refractivity (Wildman–Crippen MR) is 82.6 cm³/mol. The van der Waals surface area contributed by atoms with Crippen molar-refractivity contribution in [1.29, 1.82) is 0 Å². The molecule has 0 bridgehead atoms. The van der Waals surface area contributed by atoms with Crippen LogP contribution in [0, 0.1) is 0 Å². The molecule has 1 aliphatic rings. The summed E-state index contributed by atoms with van der Waals surface area (Å²) in [7, 11) is 0. The van der Waals surface area contributed by atoms with Gasteiger partial charge in [-0.25, -0.2) is 0 Å². The van der Waals surface area contributed by atoms with E-state index in [1.165, 1.54) is 0 Å². The van der Waals surface area contributed by atoms with Gasteiger partial charge in [0.2, 0.25) is 0 Å². The molecule has 0 aromatic heterocycles. The predicted octanol–water partition coefficient (Wildman–Crippen LogP) is 3.85. The molecule has 1 aliphatic heterocycles. The summed E-state index contributed by atoms with van der Waals surface area (Å²) >= 11 is 9.38. The van der Waals surface area contributed by atoms with Gasteiger partial charge in [0.25, 0.3) is 0 Å². The molecule has 2 aromatic rings. The molecule has 5 heteroatoms. The third kappa shape index (κ3) is 2.41. The highest BCUT2D eigenvalue weighted by Crippen LogP contribution is 2.34. The molecular formula is C15H11BrClNO2. The van der Waals surface area contributed by atoms with Crippen LogP contribution in [0.15, 0.2) is 34.8 Å². The maximum atomic E-state index is 12.6. The first kappa shape index (κ1) is 13.5. The van der Waals surface area contributed by atoms with Crippen molar-refractivity contribution in [2.24, 2.45) is 0 Å². The Balaban J connectivity index is 2.11. The van der Waals surface area contributed by atoms with Gasteiger partial charge in [-0.05, 0) is 35.9 Å². The Morgan fingerprint density at radius 1 is 1.25 bits per heavy atom. The molecule has 3 nitrogen and oxygen atoms in total. The van der Waals surface area contributed by atoms with Gasteiger partial charge in [-0.3, -0.25) is 4.79 Å². The lowest BCUT2D eigenvalue weighted by Gasteiger charge is -2.09. The van der Waals surface area contributed by atoms with Crippen molar-refractivity contribution >= 4 is 39.0 Å². The first-order chi connectivity index (χ1) is 9.54. The fourth-order valence-electron chi connectivity index (χ4n) is 2.34. The summed E-state index contributed by atoms with van der Waals surface area (Å²) in [6.45, 7) is 0.601. The molecule has 0 saturated heterocycles. The highest BCUT2D eigenvalue weighted by molar-refractivity contribution is 9.10. The molecule has 102 valence electrons. The van der Waals surface area contributed by atoms with E-state index in [0.29, 0.717) is 34.2 Å². The van der Waals surface area contributed by atoms with Crippen molar-refractivity contribution in [3.63, 3.8) is 0 Å². The summed E-state index contributed by atoms with van der Waals surface area (Å²) < 4.78 is 6.44. The summed E-state index contributed by atoms with van der Waals surface area (Å²) in [6, 6.07) is 8.59. The van der Waals surface area contributed by atoms with Crippen molar-refractivity contribution in [2.45, 2.75) is 6.42 Å². The largest absolute Gasteiger partial charge is 0.492 e. The summed E-state index contributed by atoms with van der Waals surface area (Å²) in [5.74, 6) is 0.524. The van der Waals surface area contributed by atoms with Crippen LogP contribution in [-0.4, -0.2) is 12.4 Å². The second kappa shape index (κ2) is 5.11. The number of carbonyl (C=O) groups is 1. The lowest BCUT2D eigenvalue weighted by atomic mass is 9.99. The lowest BCUT2D eigenvalue weighted by Crippen LogP contribution is -2.05. The van der Waals surface area contributed by atoms with Gasteiger partial charge in [0.15, 0.2) is 5.78 Å². The first-order valence-electron chi connectivity index (χ1n) is 6.10. The molecule has 0 amide bonds. The van der Waals surface area contributed by atoms with E-state index in [-0.39, 0.29) is 5.78 Å². The van der Waals surface area contributed by atoms with Crippen molar-refractivity contribution in [2.75, 3.05) is 12.3 Å². The molecule has 0 radical (unpaired) electrons. The van der Waals surface area contributed by atoms with E-state index in [4.69, 9.17) is 22.1 Å². The van der Waals surface area contributed by atoms with Crippen LogP contribution in [0.4, 0.5) is 5.69 Å². The quantitative estimate of drug-likeness (QED) is 0.660. The Hall–Kier alpha value is -1.52. The first-order valence-corrected chi connectivity index (χ1v) is 7.27. The number of carbonyl (C=O) groups excluding carboxylic acids is 1. The zero-order valence-corrected chi connectivity index (χ0v) is 12.8. The Morgan fingerprint density at radius 3 is 2.80 bits per heavy atom. The maximum Gasteiger partial charge on any atom is 0.196 e. The monoisotopic (exact) mass is 351 g/mol. The van der Waals surface area contributed by atoms with Crippen molar-refractivity contribution in [3.8, 4) is 5.75 Å². The minimum Gasteiger partial charge on any atom is -0.492 e. The number of ketones is 1. The molecule has 0 spiro atoms. The van der Waals surface area contributed by atoms with Gasteiger partial charge in [-0.15, -0.1) is 0 Å². The molecule has 0 fully saturated rings. The zero-order chi connectivity index (χ0) is 14.3. The second-order valence-electron chi connectivity index (χ2n) is 4.64. The molecular weight excluding hydrogens is 342 g/mol. The number of fused-ring (bicyclic) bond motifs is 1. The van der Waals surface area contributed by atoms with Gasteiger partial charge in [-0.1, -0.05) is 27.5 Å². The van der Waals surface area contributed by atoms with Gasteiger partial charge < -0.3 is 10.5 Å². The second-order valence-corrected chi connectivity index (χ2v) is 5.99. The van der Waals surface area contributed by atoms with E-state index in [2.05, 4.69) is 15.9 Å². The molecule has 3 rings (SSSR count). The maximum absolute atomic E-state index is 12.6. The van der Waals surface area contributed by atoms with Crippen molar-refractivity contribution < 1.29 is 9.53 Å². The van der Waals surface area contributed by atoms with Crippen LogP contribution in [0.1, 0.15) is 21.5 Å². The van der Waals surface area contributed by atoms with E-state index >= 15 is 0 Å². The fraction of sp³-hybridized carbons (Fsp3) is 0.133. The van der Waals surface area contributed by atoms with Crippen LogP contribution in [0.25, 0.3) is 0 Å². The standard InChI is InChI=1S/C15H11BrClNO2/c16-10-3-8-1-2-20-15(8)13(6-10)14(19)9-4-11(17)7-12(18)5-9/h3-7H,1-2,18H2. The van der Waals surface area contributed by atoms with Crippen LogP contribution in [0.2, 0.25) is 5.02 Å². The third-order valence-corrected chi connectivity index (χ3v) is 3.85. The molecule has 2 N–H and O–H groups in total. The molecule has 0 unspecified atom stereocenters. The number of halogens is 2. The minimum atomic E-state index is -0.140. The van der Waals surface area contributed by atoms with Crippen molar-refractivity contribution in [3.05, 3.63) is 56.5 Å². The highest BCUT2D eigenvalue weighted by Gasteiger charge is 2.23. The van der Waals surface area contributed by atoms with E-state index in [1.807, 2.05) is 6.07 Å². The Kier molecular flexibility index (Phi) is 3.44. The number of anilines is 1. The fourth-order valence-corrected chi connectivity index (χ4v) is 3.09. The summed E-state index contributed by atoms with van der Waals surface area (Å²) in [5, 5.41) is 0.445. The number of hydrogen-bond acceptors (Lipinski definition) is 3. The van der Waals surface area contributed by atoms with Crippen LogP contribution in [0.3, 0.4) is 0 Å². The molecule has 1 heterocycles. The summed E-state index contributed by atoms with van der Waals surface area (Å²) in [5.41, 5.74) is 8.25. The molecule has 0 atom stereocenters. The van der Waals surface area contributed by atoms with Crippen LogP contribution >= 0.6 is 27.5 Å². The average Bonchev–Trinajstić information content (AvgIpc) is 2.83. The topological polar surface area (TPSA) is 52.3 Å². The molecule has 2 aromatic carbocycles. The van der Waals surface area contributed by atoms with Crippen LogP contribution in [-0.2, 0) is 6.42 Å². The zero-order valence-electron chi connectivity index (χ0n) is 10.5. The Bertz CT molecular complexity index is 695. The van der Waals surface area contributed by atoms with Crippen molar-refractivity contribution in [1.82, 2.24) is 0 Å². The average molecular weight is 353 g/mol. The lowest BCUT2D eigenvalue weighted by molar-refractivity contribution is 0.103. The number of rotatable bonds is 2. The number of nitrogens with two attached hydrogens (primary N) is 1. The van der Waals surface area contributed by atoms with Gasteiger partial charge >= 0.3 is 0 Å². The number of nitrogen functional groups attached to an aromatic ring is 1. The normalized spacial score (nSPS) is 12.9. The van der Waals surface area contributed by atoms with Gasteiger partial charge in [-0.2, -0.15) is 0 Å². The Labute approximate surface area is 129 Å². The molecule has 20 heavy (non-hydrogen) atoms. The van der Waals surface area contributed by atoms with Gasteiger partial charge in [0.05, 0.1) is 12.2 Å². The molecule has 0 saturated carbocycles. The van der Waals surface area contributed by atoms with Crippen LogP contribution in [0.5, 0.6) is 5.75 Å². The SMILES string of the molecule is Nc1cc(Cl)cc(C(=O)c2cc(Br)cc3c2OCC3)c1. The van der Waals surface area contributed by atoms with Gasteiger partial charge in [0, 0.05) is 27.2 Å². The van der Waals surface area contributed by atoms with Gasteiger partial charge in [0.1, 0.15) is 5.75 Å². The van der Waals surface area contributed by atoms with Crippen LogP contribution < -0.4 is 10.5 Å². The summed E-state index contributed by atoms with van der Waals surface area (Å²) in [6.07, 6.45) is 0.812. The highest BCUT2D eigenvalue weighted by atomic mass is 79.9. The smallest absolute Gasteiger partial charge is 0.196 e. The Morgan fingerprint density at radius 2 is 2.05 bits per heavy atom. The number of ether oxygens (including phenoxy) is 1. The number of hydrogen-bond donors (Lipinski definition) is 1. The van der Waals surface area contributed by atoms with E-state index < -0.39 is 0 Å². The van der Waals surface area contributed by atoms with E-state index in [0.717, 1.165) is 16.5 Å². The number of benzene rings is 2. The third-order valence-electron chi connectivity index (χ3n) is 3.18. The van der Waals surface area contributed by atoms with E-state index in [1.54, 1.807) is 24.3 Å².